The van der Waals surface area contributed by atoms with Gasteiger partial charge in [-0.25, -0.2) is 4.98 Å². The number of amides is 1. The molecule has 1 aromatic heterocycles. The van der Waals surface area contributed by atoms with E-state index in [9.17, 15) is 4.79 Å². The van der Waals surface area contributed by atoms with Gasteiger partial charge in [-0.2, -0.15) is 0 Å². The smallest absolute Gasteiger partial charge is 0.233 e. The van der Waals surface area contributed by atoms with Crippen LogP contribution in [-0.2, 0) is 29.6 Å². The molecule has 5 nitrogen and oxygen atoms in total. The molecule has 1 aliphatic heterocycles. The lowest BCUT2D eigenvalue weighted by atomic mass is 9.77. The summed E-state index contributed by atoms with van der Waals surface area (Å²) >= 11 is 1.67. The van der Waals surface area contributed by atoms with Crippen LogP contribution in [0.3, 0.4) is 0 Å². The Morgan fingerprint density at radius 2 is 1.68 bits per heavy atom. The zero-order valence-corrected chi connectivity index (χ0v) is 20.5. The fourth-order valence-electron chi connectivity index (χ4n) is 4.81. The van der Waals surface area contributed by atoms with Crippen LogP contribution in [0.1, 0.15) is 28.6 Å². The topological polar surface area (TPSA) is 51.7 Å². The number of nitrogens with zero attached hydrogens (tertiary/aromatic N) is 2. The molecule has 1 atom stereocenters. The van der Waals surface area contributed by atoms with Crippen LogP contribution in [0.4, 0.5) is 0 Å². The maximum atomic E-state index is 14.2. The predicted molar refractivity (Wildman–Crippen MR) is 136 cm³/mol. The van der Waals surface area contributed by atoms with Gasteiger partial charge in [0.05, 0.1) is 34.9 Å². The lowest BCUT2D eigenvalue weighted by molar-refractivity contribution is -0.137. The lowest BCUT2D eigenvalue weighted by Gasteiger charge is -2.37. The molecule has 174 valence electrons. The Bertz CT molecular complexity index is 1300. The van der Waals surface area contributed by atoms with Gasteiger partial charge in [0.2, 0.25) is 5.91 Å². The molecular formula is C28H28N2O3S. The van der Waals surface area contributed by atoms with Crippen LogP contribution in [0.5, 0.6) is 11.5 Å². The molecule has 6 heteroatoms. The van der Waals surface area contributed by atoms with Crippen molar-refractivity contribution in [1.82, 2.24) is 9.88 Å². The Kier molecular flexibility index (Phi) is 6.00. The van der Waals surface area contributed by atoms with E-state index in [1.54, 1.807) is 25.6 Å². The quantitative estimate of drug-likeness (QED) is 0.377. The SMILES string of the molecule is COc1cc2c(cc1OC)CN(C(=O)C(C)(Cc1nc3ccccc3s1)c1ccccc1)CC2. The van der Waals surface area contributed by atoms with Crippen molar-refractivity contribution >= 4 is 27.5 Å². The molecule has 0 bridgehead atoms. The van der Waals surface area contributed by atoms with E-state index >= 15 is 0 Å². The van der Waals surface area contributed by atoms with E-state index in [0.29, 0.717) is 25.3 Å². The number of hydrogen-bond acceptors (Lipinski definition) is 5. The van der Waals surface area contributed by atoms with Crippen molar-refractivity contribution < 1.29 is 14.3 Å². The summed E-state index contributed by atoms with van der Waals surface area (Å²) in [5.41, 5.74) is 3.58. The number of carbonyl (C=O) groups excluding carboxylic acids is 1. The Hall–Kier alpha value is -3.38. The number of fused-ring (bicyclic) bond motifs is 2. The number of para-hydroxylation sites is 1. The summed E-state index contributed by atoms with van der Waals surface area (Å²) in [5, 5.41) is 0.977. The van der Waals surface area contributed by atoms with E-state index in [0.717, 1.165) is 38.5 Å². The number of rotatable bonds is 6. The molecule has 0 spiro atoms. The van der Waals surface area contributed by atoms with Crippen LogP contribution in [-0.4, -0.2) is 36.6 Å². The first-order chi connectivity index (χ1) is 16.5. The van der Waals surface area contributed by atoms with Gasteiger partial charge in [-0.15, -0.1) is 11.3 Å². The van der Waals surface area contributed by atoms with Crippen molar-refractivity contribution in [2.45, 2.75) is 31.7 Å². The number of ether oxygens (including phenoxy) is 2. The molecule has 34 heavy (non-hydrogen) atoms. The van der Waals surface area contributed by atoms with Gasteiger partial charge in [-0.3, -0.25) is 4.79 Å². The Labute approximate surface area is 204 Å². The number of thiazole rings is 1. The van der Waals surface area contributed by atoms with Gasteiger partial charge in [0.25, 0.3) is 0 Å². The number of methoxy groups -OCH3 is 2. The molecule has 0 saturated carbocycles. The molecule has 0 aliphatic carbocycles. The predicted octanol–water partition coefficient (Wildman–Crippen LogP) is 5.40. The molecule has 1 unspecified atom stereocenters. The summed E-state index contributed by atoms with van der Waals surface area (Å²) in [6.07, 6.45) is 1.35. The molecule has 1 aliphatic rings. The third-order valence-electron chi connectivity index (χ3n) is 6.73. The monoisotopic (exact) mass is 472 g/mol. The fraction of sp³-hybridized carbons (Fsp3) is 0.286. The van der Waals surface area contributed by atoms with Gasteiger partial charge in [0.1, 0.15) is 0 Å². The second-order valence-corrected chi connectivity index (χ2v) is 10.0. The van der Waals surface area contributed by atoms with Crippen LogP contribution in [0.15, 0.2) is 66.7 Å². The van der Waals surface area contributed by atoms with Gasteiger partial charge >= 0.3 is 0 Å². The van der Waals surface area contributed by atoms with Crippen LogP contribution < -0.4 is 9.47 Å². The van der Waals surface area contributed by atoms with E-state index in [1.807, 2.05) is 53.4 Å². The molecule has 3 aromatic carbocycles. The molecule has 0 saturated heterocycles. The minimum atomic E-state index is -0.719. The zero-order chi connectivity index (χ0) is 23.7. The molecule has 4 aromatic rings. The summed E-state index contributed by atoms with van der Waals surface area (Å²) in [7, 11) is 3.29. The first kappa shape index (κ1) is 22.4. The summed E-state index contributed by atoms with van der Waals surface area (Å²) in [6.45, 7) is 3.28. The Morgan fingerprint density at radius 3 is 2.38 bits per heavy atom. The highest BCUT2D eigenvalue weighted by molar-refractivity contribution is 7.18. The van der Waals surface area contributed by atoms with Gasteiger partial charge in [0, 0.05) is 19.5 Å². The number of hydrogen-bond donors (Lipinski definition) is 0. The normalized spacial score (nSPS) is 15.0. The number of aromatic nitrogens is 1. The number of carbonyl (C=O) groups is 1. The van der Waals surface area contributed by atoms with Crippen molar-refractivity contribution in [2.24, 2.45) is 0 Å². The van der Waals surface area contributed by atoms with E-state index < -0.39 is 5.41 Å². The van der Waals surface area contributed by atoms with Crippen molar-refractivity contribution in [1.29, 1.82) is 0 Å². The van der Waals surface area contributed by atoms with E-state index in [4.69, 9.17) is 14.5 Å². The first-order valence-corrected chi connectivity index (χ1v) is 12.3. The largest absolute Gasteiger partial charge is 0.493 e. The zero-order valence-electron chi connectivity index (χ0n) is 19.7. The highest BCUT2D eigenvalue weighted by atomic mass is 32.1. The second-order valence-electron chi connectivity index (χ2n) is 8.90. The average Bonchev–Trinajstić information content (AvgIpc) is 3.29. The second kappa shape index (κ2) is 9.11. The molecular weight excluding hydrogens is 444 g/mol. The van der Waals surface area contributed by atoms with Crippen LogP contribution in [0, 0.1) is 0 Å². The first-order valence-electron chi connectivity index (χ1n) is 11.4. The van der Waals surface area contributed by atoms with Crippen molar-refractivity contribution in [3.8, 4) is 11.5 Å². The molecule has 0 radical (unpaired) electrons. The van der Waals surface area contributed by atoms with Crippen molar-refractivity contribution in [3.63, 3.8) is 0 Å². The Morgan fingerprint density at radius 1 is 1.00 bits per heavy atom. The fourth-order valence-corrected chi connectivity index (χ4v) is 5.93. The van der Waals surface area contributed by atoms with E-state index in [2.05, 4.69) is 25.1 Å². The number of benzene rings is 3. The van der Waals surface area contributed by atoms with Crippen molar-refractivity contribution in [3.05, 3.63) is 88.4 Å². The summed E-state index contributed by atoms with van der Waals surface area (Å²) in [5.74, 6) is 1.54. The van der Waals surface area contributed by atoms with Crippen LogP contribution in [0.2, 0.25) is 0 Å². The third kappa shape index (κ3) is 4.03. The molecule has 2 heterocycles. The Balaban J connectivity index is 1.49. The third-order valence-corrected chi connectivity index (χ3v) is 7.77. The maximum Gasteiger partial charge on any atom is 0.233 e. The maximum absolute atomic E-state index is 14.2. The minimum Gasteiger partial charge on any atom is -0.493 e. The summed E-state index contributed by atoms with van der Waals surface area (Å²) in [4.78, 5) is 21.0. The molecule has 0 N–H and O–H groups in total. The molecule has 5 rings (SSSR count). The summed E-state index contributed by atoms with van der Waals surface area (Å²) < 4.78 is 12.1. The molecule has 0 fully saturated rings. The molecule has 1 amide bonds. The van der Waals surface area contributed by atoms with Gasteiger partial charge in [-0.1, -0.05) is 42.5 Å². The highest BCUT2D eigenvalue weighted by Crippen LogP contribution is 2.37. The van der Waals surface area contributed by atoms with E-state index in [-0.39, 0.29) is 5.91 Å². The van der Waals surface area contributed by atoms with Gasteiger partial charge < -0.3 is 14.4 Å². The standard InChI is InChI=1S/C28H28N2O3S/c1-28(21-9-5-4-6-10-21,17-26-29-22-11-7-8-12-25(22)34-26)27(31)30-14-13-19-15-23(32-2)24(33-3)16-20(19)18-30/h4-12,15-16H,13-14,17-18H2,1-3H3. The lowest BCUT2D eigenvalue weighted by Crippen LogP contribution is -2.48. The average molecular weight is 473 g/mol. The van der Waals surface area contributed by atoms with Gasteiger partial charge in [-0.05, 0) is 54.3 Å². The van der Waals surface area contributed by atoms with Crippen LogP contribution >= 0.6 is 11.3 Å². The van der Waals surface area contributed by atoms with E-state index in [1.165, 1.54) is 5.56 Å². The minimum absolute atomic E-state index is 0.124. The van der Waals surface area contributed by atoms with Gasteiger partial charge in [0.15, 0.2) is 11.5 Å². The highest BCUT2D eigenvalue weighted by Gasteiger charge is 2.40. The summed E-state index contributed by atoms with van der Waals surface area (Å²) in [6, 6.07) is 22.3. The van der Waals surface area contributed by atoms with Crippen LogP contribution in [0.25, 0.3) is 10.2 Å². The van der Waals surface area contributed by atoms with Crippen molar-refractivity contribution in [2.75, 3.05) is 20.8 Å².